The minimum Gasteiger partial charge on any atom is -0.336 e. The number of sulfonamides is 1. The number of hydrogen-bond acceptors (Lipinski definition) is 5. The van der Waals surface area contributed by atoms with Crippen LogP contribution in [0.4, 0.5) is 0 Å². The van der Waals surface area contributed by atoms with Crippen LogP contribution in [0.2, 0.25) is 5.02 Å². The van der Waals surface area contributed by atoms with Gasteiger partial charge in [0.05, 0.1) is 10.5 Å². The fourth-order valence-electron chi connectivity index (χ4n) is 3.88. The number of nitrogens with zero attached hydrogens (tertiary/aromatic N) is 5. The monoisotopic (exact) mass is 481 g/mol. The summed E-state index contributed by atoms with van der Waals surface area (Å²) in [7, 11) is -3.67. The van der Waals surface area contributed by atoms with Crippen molar-refractivity contribution in [2.45, 2.75) is 4.90 Å². The highest BCUT2D eigenvalue weighted by Crippen LogP contribution is 2.25. The summed E-state index contributed by atoms with van der Waals surface area (Å²) in [6.07, 6.45) is 6.59. The van der Waals surface area contributed by atoms with Crippen LogP contribution >= 0.6 is 11.6 Å². The van der Waals surface area contributed by atoms with Gasteiger partial charge in [0.15, 0.2) is 0 Å². The number of piperazine rings is 1. The van der Waals surface area contributed by atoms with Gasteiger partial charge in [-0.05, 0) is 47.2 Å². The van der Waals surface area contributed by atoms with E-state index in [2.05, 4.69) is 9.97 Å². The summed E-state index contributed by atoms with van der Waals surface area (Å²) in [4.78, 5) is 23.1. The second-order valence-electron chi connectivity index (χ2n) is 7.72. The van der Waals surface area contributed by atoms with E-state index >= 15 is 0 Å². The van der Waals surface area contributed by atoms with E-state index in [1.54, 1.807) is 76.7 Å². The summed E-state index contributed by atoms with van der Waals surface area (Å²) in [5, 5.41) is 2.29. The van der Waals surface area contributed by atoms with Crippen molar-refractivity contribution >= 4 is 38.3 Å². The molecule has 8 nitrogen and oxygen atoms in total. The number of aromatic nitrogens is 3. The van der Waals surface area contributed by atoms with Crippen LogP contribution in [0.1, 0.15) is 10.4 Å². The van der Waals surface area contributed by atoms with Crippen LogP contribution in [0, 0.1) is 0 Å². The molecule has 2 aromatic heterocycles. The molecular formula is C23H20ClN5O3S. The molecular weight excluding hydrogens is 462 g/mol. The standard InChI is InChI=1S/C23H20ClN5O3S/c24-20-4-1-18-14-21(5-2-17(18)13-20)33(31,32)29-11-9-27(10-12-29)23(30)19-3-6-22(26-15-19)28-8-7-25-16-28/h1-8,13-16H,9-12H2. The average molecular weight is 482 g/mol. The summed E-state index contributed by atoms with van der Waals surface area (Å²) in [6.45, 7) is 1.08. The highest BCUT2D eigenvalue weighted by Gasteiger charge is 2.30. The minimum atomic E-state index is -3.67. The van der Waals surface area contributed by atoms with Crippen molar-refractivity contribution in [2.24, 2.45) is 0 Å². The third-order valence-electron chi connectivity index (χ3n) is 5.70. The maximum absolute atomic E-state index is 13.2. The Morgan fingerprint density at radius 3 is 2.39 bits per heavy atom. The van der Waals surface area contributed by atoms with Crippen LogP contribution < -0.4 is 0 Å². The maximum atomic E-state index is 13.2. The van der Waals surface area contributed by atoms with E-state index in [4.69, 9.17) is 11.6 Å². The molecule has 0 bridgehead atoms. The topological polar surface area (TPSA) is 88.4 Å². The lowest BCUT2D eigenvalue weighted by Crippen LogP contribution is -2.50. The number of rotatable bonds is 4. The molecule has 0 aliphatic carbocycles. The lowest BCUT2D eigenvalue weighted by Gasteiger charge is -2.34. The number of carbonyl (C=O) groups is 1. The Hall–Kier alpha value is -3.27. The number of hydrogen-bond donors (Lipinski definition) is 0. The van der Waals surface area contributed by atoms with Crippen molar-refractivity contribution in [2.75, 3.05) is 26.2 Å². The molecule has 1 aliphatic heterocycles. The molecule has 0 unspecified atom stereocenters. The fraction of sp³-hybridized carbons (Fsp3) is 0.174. The first kappa shape index (κ1) is 21.6. The second-order valence-corrected chi connectivity index (χ2v) is 10.1. The lowest BCUT2D eigenvalue weighted by molar-refractivity contribution is 0.0697. The van der Waals surface area contributed by atoms with E-state index in [1.165, 1.54) is 10.5 Å². The quantitative estimate of drug-likeness (QED) is 0.446. The average Bonchev–Trinajstić information content (AvgIpc) is 3.38. The minimum absolute atomic E-state index is 0.167. The smallest absolute Gasteiger partial charge is 0.255 e. The van der Waals surface area contributed by atoms with Crippen molar-refractivity contribution < 1.29 is 13.2 Å². The SMILES string of the molecule is O=C(c1ccc(-n2ccnc2)nc1)N1CCN(S(=O)(=O)c2ccc3cc(Cl)ccc3c2)CC1. The zero-order valence-corrected chi connectivity index (χ0v) is 19.1. The summed E-state index contributed by atoms with van der Waals surface area (Å²) < 4.78 is 29.5. The van der Waals surface area contributed by atoms with Crippen LogP contribution in [-0.2, 0) is 10.0 Å². The van der Waals surface area contributed by atoms with Crippen molar-refractivity contribution in [3.8, 4) is 5.82 Å². The molecule has 5 rings (SSSR count). The third kappa shape index (κ3) is 4.22. The molecule has 10 heteroatoms. The van der Waals surface area contributed by atoms with Crippen LogP contribution in [-0.4, -0.2) is 64.2 Å². The van der Waals surface area contributed by atoms with Crippen molar-refractivity contribution in [3.63, 3.8) is 0 Å². The molecule has 2 aromatic carbocycles. The molecule has 1 fully saturated rings. The van der Waals surface area contributed by atoms with E-state index in [9.17, 15) is 13.2 Å². The van der Waals surface area contributed by atoms with Gasteiger partial charge in [0, 0.05) is 49.8 Å². The first-order chi connectivity index (χ1) is 15.9. The summed E-state index contributed by atoms with van der Waals surface area (Å²) in [5.74, 6) is 0.497. The van der Waals surface area contributed by atoms with Crippen molar-refractivity contribution in [1.82, 2.24) is 23.7 Å². The molecule has 1 aliphatic rings. The van der Waals surface area contributed by atoms with Gasteiger partial charge in [-0.3, -0.25) is 9.36 Å². The van der Waals surface area contributed by atoms with Gasteiger partial charge in [-0.2, -0.15) is 4.31 Å². The van der Waals surface area contributed by atoms with Crippen LogP contribution in [0.15, 0.2) is 78.3 Å². The zero-order chi connectivity index (χ0) is 23.0. The molecule has 0 N–H and O–H groups in total. The molecule has 33 heavy (non-hydrogen) atoms. The normalized spacial score (nSPS) is 15.1. The molecule has 0 atom stereocenters. The van der Waals surface area contributed by atoms with E-state index in [0.717, 1.165) is 10.8 Å². The van der Waals surface area contributed by atoms with Gasteiger partial charge in [-0.25, -0.2) is 18.4 Å². The Kier molecular flexibility index (Phi) is 5.61. The highest BCUT2D eigenvalue weighted by molar-refractivity contribution is 7.89. The molecule has 1 amide bonds. The highest BCUT2D eigenvalue weighted by atomic mass is 35.5. The van der Waals surface area contributed by atoms with Gasteiger partial charge in [0.1, 0.15) is 12.1 Å². The van der Waals surface area contributed by atoms with Crippen LogP contribution in [0.25, 0.3) is 16.6 Å². The molecule has 3 heterocycles. The Morgan fingerprint density at radius 2 is 1.70 bits per heavy atom. The van der Waals surface area contributed by atoms with E-state index in [-0.39, 0.29) is 23.9 Å². The fourth-order valence-corrected chi connectivity index (χ4v) is 5.52. The molecule has 4 aromatic rings. The molecule has 1 saturated heterocycles. The summed E-state index contributed by atoms with van der Waals surface area (Å²) >= 11 is 6.02. The van der Waals surface area contributed by atoms with E-state index in [1.807, 2.05) is 0 Å². The molecule has 0 saturated carbocycles. The maximum Gasteiger partial charge on any atom is 0.255 e. The number of benzene rings is 2. The van der Waals surface area contributed by atoms with Gasteiger partial charge in [-0.15, -0.1) is 0 Å². The largest absolute Gasteiger partial charge is 0.336 e. The van der Waals surface area contributed by atoms with Gasteiger partial charge >= 0.3 is 0 Å². The number of fused-ring (bicyclic) bond motifs is 1. The molecule has 168 valence electrons. The van der Waals surface area contributed by atoms with Crippen LogP contribution in [0.3, 0.4) is 0 Å². The number of amides is 1. The Morgan fingerprint density at radius 1 is 0.939 bits per heavy atom. The number of carbonyl (C=O) groups excluding carboxylic acids is 1. The van der Waals surface area contributed by atoms with E-state index < -0.39 is 10.0 Å². The van der Waals surface area contributed by atoms with Crippen LogP contribution in [0.5, 0.6) is 0 Å². The first-order valence-electron chi connectivity index (χ1n) is 10.3. The van der Waals surface area contributed by atoms with Gasteiger partial charge in [0.2, 0.25) is 10.0 Å². The number of pyridine rings is 1. The summed E-state index contributed by atoms with van der Waals surface area (Å²) in [6, 6.07) is 13.8. The second kappa shape index (κ2) is 8.58. The van der Waals surface area contributed by atoms with Crippen molar-refractivity contribution in [1.29, 1.82) is 0 Å². The zero-order valence-electron chi connectivity index (χ0n) is 17.5. The first-order valence-corrected chi connectivity index (χ1v) is 12.2. The van der Waals surface area contributed by atoms with Gasteiger partial charge < -0.3 is 4.90 Å². The van der Waals surface area contributed by atoms with Crippen molar-refractivity contribution in [3.05, 3.63) is 84.0 Å². The summed E-state index contributed by atoms with van der Waals surface area (Å²) in [5.41, 5.74) is 0.461. The predicted octanol–water partition coefficient (Wildman–Crippen LogP) is 3.22. The number of halogens is 1. The number of imidazole rings is 1. The Labute approximate surface area is 196 Å². The predicted molar refractivity (Wildman–Crippen MR) is 125 cm³/mol. The van der Waals surface area contributed by atoms with Gasteiger partial charge in [0.25, 0.3) is 5.91 Å². The van der Waals surface area contributed by atoms with E-state index in [0.29, 0.717) is 29.5 Å². The van der Waals surface area contributed by atoms with Gasteiger partial charge in [-0.1, -0.05) is 23.7 Å². The molecule has 0 radical (unpaired) electrons. The Balaban J connectivity index is 1.27. The Bertz CT molecular complexity index is 1410. The lowest BCUT2D eigenvalue weighted by atomic mass is 10.1. The third-order valence-corrected chi connectivity index (χ3v) is 7.83. The molecule has 0 spiro atoms.